The number of benzene rings is 1. The molecule has 0 N–H and O–H groups in total. The Morgan fingerprint density at radius 3 is 2.82 bits per heavy atom. The lowest BCUT2D eigenvalue weighted by Gasteiger charge is -1.98. The van der Waals surface area contributed by atoms with Gasteiger partial charge < -0.3 is 4.42 Å². The molecule has 6 heteroatoms. The Hall–Kier alpha value is -2.21. The van der Waals surface area contributed by atoms with Crippen molar-refractivity contribution in [3.63, 3.8) is 0 Å². The Morgan fingerprint density at radius 2 is 2.05 bits per heavy atom. The summed E-state index contributed by atoms with van der Waals surface area (Å²) in [7, 11) is 0. The van der Waals surface area contributed by atoms with Crippen molar-refractivity contribution in [2.45, 2.75) is 27.2 Å². The Kier molecular flexibility index (Phi) is 3.00. The van der Waals surface area contributed by atoms with E-state index in [1.807, 2.05) is 25.1 Å². The molecule has 112 valence electrons. The zero-order valence-corrected chi connectivity index (χ0v) is 13.5. The monoisotopic (exact) mass is 312 g/mol. The number of fused-ring (bicyclic) bond motifs is 2. The Morgan fingerprint density at radius 1 is 1.23 bits per heavy atom. The maximum Gasteiger partial charge on any atom is 0.235 e. The summed E-state index contributed by atoms with van der Waals surface area (Å²) >= 11 is 1.59. The van der Waals surface area contributed by atoms with E-state index in [1.165, 1.54) is 0 Å². The first-order chi connectivity index (χ1) is 10.6. The van der Waals surface area contributed by atoms with Gasteiger partial charge in [-0.1, -0.05) is 43.4 Å². The van der Waals surface area contributed by atoms with E-state index in [9.17, 15) is 0 Å². The predicted octanol–water partition coefficient (Wildman–Crippen LogP) is 4.11. The molecule has 22 heavy (non-hydrogen) atoms. The summed E-state index contributed by atoms with van der Waals surface area (Å²) in [6.07, 6.45) is 0.951. The molecular weight excluding hydrogens is 296 g/mol. The highest BCUT2D eigenvalue weighted by molar-refractivity contribution is 7.16. The van der Waals surface area contributed by atoms with Crippen molar-refractivity contribution >= 4 is 27.3 Å². The SMILES string of the molecule is Cc1c(-c2nnc3sc(CC(C)C)nn23)oc2ccccc12. The number of aryl methyl sites for hydroxylation is 1. The number of para-hydroxylation sites is 1. The van der Waals surface area contributed by atoms with Gasteiger partial charge in [-0.2, -0.15) is 9.61 Å². The fourth-order valence-corrected chi connectivity index (χ4v) is 3.66. The highest BCUT2D eigenvalue weighted by Gasteiger charge is 2.20. The van der Waals surface area contributed by atoms with Crippen molar-refractivity contribution in [1.29, 1.82) is 0 Å². The molecule has 0 aliphatic heterocycles. The minimum absolute atomic E-state index is 0.570. The average Bonchev–Trinajstić information content (AvgIpc) is 3.12. The summed E-state index contributed by atoms with van der Waals surface area (Å²) in [5.41, 5.74) is 1.94. The summed E-state index contributed by atoms with van der Waals surface area (Å²) in [5.74, 6) is 1.99. The number of furan rings is 1. The second kappa shape index (κ2) is 4.91. The van der Waals surface area contributed by atoms with Crippen LogP contribution in [0.2, 0.25) is 0 Å². The highest BCUT2D eigenvalue weighted by atomic mass is 32.1. The van der Waals surface area contributed by atoms with Gasteiger partial charge in [0.05, 0.1) is 0 Å². The highest BCUT2D eigenvalue weighted by Crippen LogP contribution is 2.32. The molecule has 0 bridgehead atoms. The lowest BCUT2D eigenvalue weighted by Crippen LogP contribution is -1.96. The number of hydrogen-bond acceptors (Lipinski definition) is 5. The minimum Gasteiger partial charge on any atom is -0.452 e. The van der Waals surface area contributed by atoms with Gasteiger partial charge in [0.15, 0.2) is 5.76 Å². The van der Waals surface area contributed by atoms with Crippen molar-refractivity contribution in [1.82, 2.24) is 19.8 Å². The van der Waals surface area contributed by atoms with Crippen molar-refractivity contribution in [2.75, 3.05) is 0 Å². The van der Waals surface area contributed by atoms with Crippen LogP contribution in [-0.2, 0) is 6.42 Å². The Balaban J connectivity index is 1.88. The summed E-state index contributed by atoms with van der Waals surface area (Å²) in [6.45, 7) is 6.42. The van der Waals surface area contributed by atoms with Gasteiger partial charge in [0.1, 0.15) is 10.6 Å². The molecule has 0 atom stereocenters. The molecule has 4 aromatic rings. The van der Waals surface area contributed by atoms with Crippen LogP contribution in [0.15, 0.2) is 28.7 Å². The van der Waals surface area contributed by atoms with Crippen molar-refractivity contribution < 1.29 is 4.42 Å². The molecule has 0 spiro atoms. The van der Waals surface area contributed by atoms with Crippen molar-refractivity contribution in [2.24, 2.45) is 5.92 Å². The van der Waals surface area contributed by atoms with Gasteiger partial charge in [0.25, 0.3) is 0 Å². The summed E-state index contributed by atoms with van der Waals surface area (Å²) in [5, 5.41) is 15.3. The van der Waals surface area contributed by atoms with Gasteiger partial charge in [-0.05, 0) is 18.9 Å². The molecule has 0 aliphatic rings. The zero-order chi connectivity index (χ0) is 15.3. The minimum atomic E-state index is 0.570. The molecule has 0 radical (unpaired) electrons. The first kappa shape index (κ1) is 13.5. The third-order valence-corrected chi connectivity index (χ3v) is 4.58. The van der Waals surface area contributed by atoms with Crippen LogP contribution in [0.4, 0.5) is 0 Å². The average molecular weight is 312 g/mol. The van der Waals surface area contributed by atoms with Crippen LogP contribution in [0.3, 0.4) is 0 Å². The molecule has 0 saturated heterocycles. The number of aromatic nitrogens is 4. The molecule has 5 nitrogen and oxygen atoms in total. The van der Waals surface area contributed by atoms with Crippen LogP contribution in [-0.4, -0.2) is 19.8 Å². The van der Waals surface area contributed by atoms with E-state index < -0.39 is 0 Å². The molecule has 0 aliphatic carbocycles. The lowest BCUT2D eigenvalue weighted by molar-refractivity contribution is 0.615. The summed E-state index contributed by atoms with van der Waals surface area (Å²) in [6, 6.07) is 8.01. The Labute approximate surface area is 131 Å². The van der Waals surface area contributed by atoms with Gasteiger partial charge in [0, 0.05) is 17.4 Å². The molecule has 0 unspecified atom stereocenters. The number of hydrogen-bond donors (Lipinski definition) is 0. The van der Waals surface area contributed by atoms with E-state index in [2.05, 4.69) is 35.2 Å². The smallest absolute Gasteiger partial charge is 0.235 e. The van der Waals surface area contributed by atoms with Gasteiger partial charge in [-0.15, -0.1) is 10.2 Å². The quantitative estimate of drug-likeness (QED) is 0.571. The second-order valence-corrected chi connectivity index (χ2v) is 6.90. The fraction of sp³-hybridized carbons (Fsp3) is 0.312. The van der Waals surface area contributed by atoms with E-state index in [0.29, 0.717) is 11.7 Å². The third-order valence-electron chi connectivity index (χ3n) is 3.66. The molecule has 4 rings (SSSR count). The number of nitrogens with zero attached hydrogens (tertiary/aromatic N) is 4. The first-order valence-corrected chi connectivity index (χ1v) is 8.14. The van der Waals surface area contributed by atoms with Crippen LogP contribution in [0.25, 0.3) is 27.5 Å². The largest absolute Gasteiger partial charge is 0.452 e. The summed E-state index contributed by atoms with van der Waals surface area (Å²) in [4.78, 5) is 0.811. The second-order valence-electron chi connectivity index (χ2n) is 5.86. The molecule has 0 amide bonds. The maximum absolute atomic E-state index is 5.98. The van der Waals surface area contributed by atoms with Crippen LogP contribution in [0.1, 0.15) is 24.4 Å². The van der Waals surface area contributed by atoms with Crippen LogP contribution >= 0.6 is 11.3 Å². The van der Waals surface area contributed by atoms with Gasteiger partial charge in [-0.3, -0.25) is 0 Å². The zero-order valence-electron chi connectivity index (χ0n) is 12.7. The van der Waals surface area contributed by atoms with E-state index in [-0.39, 0.29) is 0 Å². The van der Waals surface area contributed by atoms with E-state index in [1.54, 1.807) is 15.9 Å². The lowest BCUT2D eigenvalue weighted by atomic mass is 10.1. The molecule has 0 fully saturated rings. The topological polar surface area (TPSA) is 56.2 Å². The van der Waals surface area contributed by atoms with Crippen molar-refractivity contribution in [3.05, 3.63) is 34.8 Å². The standard InChI is InChI=1S/C16H16N4OS/c1-9(2)8-13-19-20-15(17-18-16(20)22-13)14-10(3)11-6-4-5-7-12(11)21-14/h4-7,9H,8H2,1-3H3. The predicted molar refractivity (Wildman–Crippen MR) is 87.1 cm³/mol. The Bertz CT molecular complexity index is 963. The first-order valence-electron chi connectivity index (χ1n) is 7.33. The van der Waals surface area contributed by atoms with Gasteiger partial charge >= 0.3 is 0 Å². The van der Waals surface area contributed by atoms with E-state index in [4.69, 9.17) is 4.42 Å². The van der Waals surface area contributed by atoms with E-state index >= 15 is 0 Å². The molecular formula is C16H16N4OS. The molecule has 3 aromatic heterocycles. The molecule has 3 heterocycles. The van der Waals surface area contributed by atoms with Crippen LogP contribution in [0.5, 0.6) is 0 Å². The maximum atomic E-state index is 5.98. The van der Waals surface area contributed by atoms with E-state index in [0.717, 1.165) is 38.7 Å². The van der Waals surface area contributed by atoms with Gasteiger partial charge in [-0.25, -0.2) is 0 Å². The number of rotatable bonds is 3. The summed E-state index contributed by atoms with van der Waals surface area (Å²) < 4.78 is 7.78. The molecule has 0 saturated carbocycles. The third kappa shape index (κ3) is 2.02. The van der Waals surface area contributed by atoms with Crippen molar-refractivity contribution in [3.8, 4) is 11.6 Å². The van der Waals surface area contributed by atoms with Crippen LogP contribution < -0.4 is 0 Å². The normalized spacial score (nSPS) is 12.0. The van der Waals surface area contributed by atoms with Gasteiger partial charge in [0.2, 0.25) is 10.8 Å². The fourth-order valence-electron chi connectivity index (χ4n) is 2.62. The van der Waals surface area contributed by atoms with Crippen LogP contribution in [0, 0.1) is 12.8 Å². The molecule has 1 aromatic carbocycles.